The Kier molecular flexibility index (Phi) is 6.42. The predicted molar refractivity (Wildman–Crippen MR) is 91.9 cm³/mol. The maximum atomic E-state index is 5.98. The standard InChI is InChI=1S/C19H33NO/c1-8-14-20-17(19(6,7)21-9-2)15-10-12-16(13-11-15)18(3,4)5/h10-13,17,20H,8-9,14H2,1-7H3. The van der Waals surface area contributed by atoms with Crippen molar-refractivity contribution >= 4 is 0 Å². The fourth-order valence-electron chi connectivity index (χ4n) is 2.68. The van der Waals surface area contributed by atoms with Crippen LogP contribution >= 0.6 is 0 Å². The van der Waals surface area contributed by atoms with Gasteiger partial charge in [-0.3, -0.25) is 0 Å². The van der Waals surface area contributed by atoms with Crippen LogP contribution in [0.25, 0.3) is 0 Å². The fraction of sp³-hybridized carbons (Fsp3) is 0.684. The zero-order valence-electron chi connectivity index (χ0n) is 14.9. The second-order valence-corrected chi connectivity index (χ2v) is 7.30. The van der Waals surface area contributed by atoms with E-state index >= 15 is 0 Å². The van der Waals surface area contributed by atoms with Gasteiger partial charge in [0.25, 0.3) is 0 Å². The first-order valence-corrected chi connectivity index (χ1v) is 8.20. The molecule has 1 aromatic rings. The summed E-state index contributed by atoms with van der Waals surface area (Å²) >= 11 is 0. The quantitative estimate of drug-likeness (QED) is 0.776. The number of nitrogens with one attached hydrogen (secondary N) is 1. The van der Waals surface area contributed by atoms with E-state index in [1.165, 1.54) is 11.1 Å². The fourth-order valence-corrected chi connectivity index (χ4v) is 2.68. The van der Waals surface area contributed by atoms with E-state index in [1.807, 2.05) is 0 Å². The van der Waals surface area contributed by atoms with Gasteiger partial charge in [0, 0.05) is 6.61 Å². The summed E-state index contributed by atoms with van der Waals surface area (Å²) in [5, 5.41) is 3.64. The minimum absolute atomic E-state index is 0.195. The van der Waals surface area contributed by atoms with Crippen LogP contribution in [0.2, 0.25) is 0 Å². The van der Waals surface area contributed by atoms with Gasteiger partial charge < -0.3 is 10.1 Å². The lowest BCUT2D eigenvalue weighted by atomic mass is 9.84. The van der Waals surface area contributed by atoms with Crippen molar-refractivity contribution in [2.45, 2.75) is 71.9 Å². The van der Waals surface area contributed by atoms with E-state index in [9.17, 15) is 0 Å². The summed E-state index contributed by atoms with van der Waals surface area (Å²) in [7, 11) is 0. The predicted octanol–water partition coefficient (Wildman–Crippen LogP) is 4.84. The van der Waals surface area contributed by atoms with Gasteiger partial charge in [0.05, 0.1) is 11.6 Å². The molecule has 0 saturated carbocycles. The van der Waals surface area contributed by atoms with Crippen molar-refractivity contribution in [2.24, 2.45) is 0 Å². The largest absolute Gasteiger partial charge is 0.374 e. The topological polar surface area (TPSA) is 21.3 Å². The molecule has 1 aromatic carbocycles. The van der Waals surface area contributed by atoms with E-state index in [2.05, 4.69) is 78.0 Å². The molecule has 0 radical (unpaired) electrons. The molecule has 0 aliphatic rings. The van der Waals surface area contributed by atoms with Gasteiger partial charge in [-0.05, 0) is 50.3 Å². The molecule has 1 atom stereocenters. The molecule has 0 heterocycles. The molecule has 2 heteroatoms. The van der Waals surface area contributed by atoms with Crippen LogP contribution in [0.5, 0.6) is 0 Å². The van der Waals surface area contributed by atoms with Crippen molar-refractivity contribution in [3.8, 4) is 0 Å². The van der Waals surface area contributed by atoms with Crippen molar-refractivity contribution in [3.63, 3.8) is 0 Å². The lowest BCUT2D eigenvalue weighted by Crippen LogP contribution is -2.42. The molecule has 1 N–H and O–H groups in total. The summed E-state index contributed by atoms with van der Waals surface area (Å²) in [5.74, 6) is 0. The maximum Gasteiger partial charge on any atom is 0.0820 e. The molecule has 0 bridgehead atoms. The molecule has 1 unspecified atom stereocenters. The molecule has 0 aliphatic heterocycles. The number of benzene rings is 1. The molecule has 0 aliphatic carbocycles. The first kappa shape index (κ1) is 18.2. The van der Waals surface area contributed by atoms with E-state index in [4.69, 9.17) is 4.74 Å². The normalized spacial score (nSPS) is 14.2. The van der Waals surface area contributed by atoms with Crippen LogP contribution in [0.4, 0.5) is 0 Å². The van der Waals surface area contributed by atoms with Gasteiger partial charge >= 0.3 is 0 Å². The van der Waals surface area contributed by atoms with Crippen molar-refractivity contribution in [1.82, 2.24) is 5.32 Å². The Morgan fingerprint density at radius 1 is 1.00 bits per heavy atom. The van der Waals surface area contributed by atoms with Crippen LogP contribution in [0.15, 0.2) is 24.3 Å². The van der Waals surface area contributed by atoms with Gasteiger partial charge in [-0.15, -0.1) is 0 Å². The maximum absolute atomic E-state index is 5.98. The Bertz CT molecular complexity index is 414. The van der Waals surface area contributed by atoms with Crippen LogP contribution in [0.1, 0.15) is 72.1 Å². The molecule has 21 heavy (non-hydrogen) atoms. The third-order valence-corrected chi connectivity index (χ3v) is 3.92. The van der Waals surface area contributed by atoms with Crippen LogP contribution in [0, 0.1) is 0 Å². The first-order valence-electron chi connectivity index (χ1n) is 8.20. The number of hydrogen-bond acceptors (Lipinski definition) is 2. The summed E-state index contributed by atoms with van der Waals surface area (Å²) < 4.78 is 5.98. The second kappa shape index (κ2) is 7.42. The lowest BCUT2D eigenvalue weighted by molar-refractivity contribution is -0.0391. The summed E-state index contributed by atoms with van der Waals surface area (Å²) in [4.78, 5) is 0. The molecule has 1 rings (SSSR count). The van der Waals surface area contributed by atoms with E-state index in [0.29, 0.717) is 0 Å². The van der Waals surface area contributed by atoms with Crippen molar-refractivity contribution in [2.75, 3.05) is 13.2 Å². The van der Waals surface area contributed by atoms with Crippen molar-refractivity contribution in [1.29, 1.82) is 0 Å². The molecule has 0 amide bonds. The van der Waals surface area contributed by atoms with Crippen LogP contribution in [-0.2, 0) is 10.2 Å². The van der Waals surface area contributed by atoms with Gasteiger partial charge in [-0.2, -0.15) is 0 Å². The van der Waals surface area contributed by atoms with Crippen molar-refractivity contribution in [3.05, 3.63) is 35.4 Å². The van der Waals surface area contributed by atoms with Gasteiger partial charge in [0.1, 0.15) is 0 Å². The Morgan fingerprint density at radius 3 is 2.00 bits per heavy atom. The summed E-state index contributed by atoms with van der Waals surface area (Å²) in [6.45, 7) is 17.1. The van der Waals surface area contributed by atoms with Crippen LogP contribution in [0.3, 0.4) is 0 Å². The number of hydrogen-bond donors (Lipinski definition) is 1. The highest BCUT2D eigenvalue weighted by Crippen LogP contribution is 2.31. The lowest BCUT2D eigenvalue weighted by Gasteiger charge is -2.35. The third kappa shape index (κ3) is 5.12. The van der Waals surface area contributed by atoms with Crippen LogP contribution in [-0.4, -0.2) is 18.8 Å². The smallest absolute Gasteiger partial charge is 0.0820 e. The zero-order valence-corrected chi connectivity index (χ0v) is 14.9. The third-order valence-electron chi connectivity index (χ3n) is 3.92. The molecular weight excluding hydrogens is 258 g/mol. The Morgan fingerprint density at radius 2 is 1.57 bits per heavy atom. The first-order chi connectivity index (χ1) is 9.72. The summed E-state index contributed by atoms with van der Waals surface area (Å²) in [6.07, 6.45) is 1.12. The molecule has 120 valence electrons. The van der Waals surface area contributed by atoms with Crippen LogP contribution < -0.4 is 5.32 Å². The Labute approximate surface area is 131 Å². The van der Waals surface area contributed by atoms with Gasteiger partial charge in [0.2, 0.25) is 0 Å². The van der Waals surface area contributed by atoms with Gasteiger partial charge in [-0.1, -0.05) is 52.0 Å². The average Bonchev–Trinajstić information content (AvgIpc) is 2.38. The minimum Gasteiger partial charge on any atom is -0.374 e. The number of ether oxygens (including phenoxy) is 1. The molecule has 0 spiro atoms. The van der Waals surface area contributed by atoms with Crippen molar-refractivity contribution < 1.29 is 4.74 Å². The van der Waals surface area contributed by atoms with Gasteiger partial charge in [0.15, 0.2) is 0 Å². The Balaban J connectivity index is 3.03. The molecular formula is C19H33NO. The highest BCUT2D eigenvalue weighted by atomic mass is 16.5. The second-order valence-electron chi connectivity index (χ2n) is 7.30. The number of rotatable bonds is 7. The minimum atomic E-state index is -0.215. The monoisotopic (exact) mass is 291 g/mol. The average molecular weight is 291 g/mol. The molecule has 0 fully saturated rings. The summed E-state index contributed by atoms with van der Waals surface area (Å²) in [6, 6.07) is 9.20. The summed E-state index contributed by atoms with van der Waals surface area (Å²) in [5.41, 5.74) is 2.65. The molecule has 0 aromatic heterocycles. The highest BCUT2D eigenvalue weighted by Gasteiger charge is 2.31. The van der Waals surface area contributed by atoms with E-state index in [0.717, 1.165) is 19.6 Å². The highest BCUT2D eigenvalue weighted by molar-refractivity contribution is 5.30. The molecule has 0 saturated heterocycles. The Hall–Kier alpha value is -0.860. The van der Waals surface area contributed by atoms with Gasteiger partial charge in [-0.25, -0.2) is 0 Å². The molecule has 2 nitrogen and oxygen atoms in total. The SMILES string of the molecule is CCCNC(c1ccc(C(C)(C)C)cc1)C(C)(C)OCC. The van der Waals surface area contributed by atoms with E-state index < -0.39 is 0 Å². The zero-order chi connectivity index (χ0) is 16.1. The van der Waals surface area contributed by atoms with E-state index in [1.54, 1.807) is 0 Å². The van der Waals surface area contributed by atoms with E-state index in [-0.39, 0.29) is 17.1 Å².